The summed E-state index contributed by atoms with van der Waals surface area (Å²) in [5, 5.41) is 0. The molecule has 0 saturated carbocycles. The molecule has 1 aromatic rings. The molecular weight excluding hydrogens is 244 g/mol. The van der Waals surface area contributed by atoms with Gasteiger partial charge >= 0.3 is 0 Å². The fraction of sp³-hybridized carbons (Fsp3) is 0.538. The molecule has 1 unspecified atom stereocenters. The molecule has 0 radical (unpaired) electrons. The van der Waals surface area contributed by atoms with Crippen LogP contribution in [0.25, 0.3) is 0 Å². The second kappa shape index (κ2) is 5.21. The van der Waals surface area contributed by atoms with E-state index in [2.05, 4.69) is 6.92 Å². The van der Waals surface area contributed by atoms with E-state index in [1.807, 2.05) is 0 Å². The van der Waals surface area contributed by atoms with Gasteiger partial charge in [0.25, 0.3) is 0 Å². The quantitative estimate of drug-likeness (QED) is 0.743. The Morgan fingerprint density at radius 1 is 1.35 bits per heavy atom. The van der Waals surface area contributed by atoms with Crippen molar-refractivity contribution < 1.29 is 8.78 Å². The maximum absolute atomic E-state index is 13.8. The summed E-state index contributed by atoms with van der Waals surface area (Å²) in [7, 11) is 0. The van der Waals surface area contributed by atoms with Gasteiger partial charge in [-0.25, -0.2) is 8.78 Å². The average Bonchev–Trinajstić information content (AvgIpc) is 2.76. The molecular formula is C13H16ClF2N. The first-order valence-corrected chi connectivity index (χ1v) is 6.48. The molecule has 2 rings (SSSR count). The number of hydrogen-bond donors (Lipinski definition) is 0. The van der Waals surface area contributed by atoms with Gasteiger partial charge < -0.3 is 4.90 Å². The summed E-state index contributed by atoms with van der Waals surface area (Å²) >= 11 is 5.58. The van der Waals surface area contributed by atoms with Gasteiger partial charge in [0.2, 0.25) is 0 Å². The third-order valence-electron chi connectivity index (χ3n) is 3.41. The van der Waals surface area contributed by atoms with Crippen LogP contribution in [0.2, 0.25) is 0 Å². The highest BCUT2D eigenvalue weighted by molar-refractivity contribution is 6.17. The molecule has 94 valence electrons. The van der Waals surface area contributed by atoms with Gasteiger partial charge in [-0.15, -0.1) is 11.6 Å². The predicted molar refractivity (Wildman–Crippen MR) is 66.5 cm³/mol. The van der Waals surface area contributed by atoms with Crippen LogP contribution in [0, 0.1) is 17.6 Å². The lowest BCUT2D eigenvalue weighted by atomic mass is 10.1. The fourth-order valence-corrected chi connectivity index (χ4v) is 2.52. The Hall–Kier alpha value is -0.830. The number of benzene rings is 1. The minimum absolute atomic E-state index is 0.106. The number of halogens is 3. The Balaban J connectivity index is 2.27. The van der Waals surface area contributed by atoms with E-state index in [1.54, 1.807) is 4.90 Å². The smallest absolute Gasteiger partial charge is 0.149 e. The van der Waals surface area contributed by atoms with Crippen LogP contribution in [0.4, 0.5) is 14.5 Å². The maximum atomic E-state index is 13.8. The van der Waals surface area contributed by atoms with E-state index in [-0.39, 0.29) is 11.6 Å². The van der Waals surface area contributed by atoms with Crippen molar-refractivity contribution in [3.8, 4) is 0 Å². The lowest BCUT2D eigenvalue weighted by Gasteiger charge is -2.20. The first-order chi connectivity index (χ1) is 8.15. The lowest BCUT2D eigenvalue weighted by molar-refractivity contribution is 0.557. The van der Waals surface area contributed by atoms with E-state index in [1.165, 1.54) is 12.1 Å². The Bertz CT molecular complexity index is 385. The average molecular weight is 260 g/mol. The van der Waals surface area contributed by atoms with Crippen LogP contribution >= 0.6 is 11.6 Å². The zero-order chi connectivity index (χ0) is 12.4. The molecule has 0 aromatic heterocycles. The van der Waals surface area contributed by atoms with Crippen molar-refractivity contribution in [2.75, 3.05) is 18.0 Å². The molecule has 1 saturated heterocycles. The highest BCUT2D eigenvalue weighted by Gasteiger charge is 2.25. The van der Waals surface area contributed by atoms with Gasteiger partial charge in [0.1, 0.15) is 17.3 Å². The van der Waals surface area contributed by atoms with Crippen molar-refractivity contribution in [1.82, 2.24) is 0 Å². The van der Waals surface area contributed by atoms with Gasteiger partial charge in [-0.2, -0.15) is 0 Å². The summed E-state index contributed by atoms with van der Waals surface area (Å²) < 4.78 is 27.7. The van der Waals surface area contributed by atoms with E-state index < -0.39 is 11.6 Å². The highest BCUT2D eigenvalue weighted by atomic mass is 35.5. The summed E-state index contributed by atoms with van der Waals surface area (Å²) in [5.41, 5.74) is 0.589. The van der Waals surface area contributed by atoms with Crippen molar-refractivity contribution in [3.05, 3.63) is 29.3 Å². The fourth-order valence-electron chi connectivity index (χ4n) is 2.37. The third kappa shape index (κ3) is 2.54. The molecule has 0 N–H and O–H groups in total. The van der Waals surface area contributed by atoms with E-state index >= 15 is 0 Å². The van der Waals surface area contributed by atoms with Gasteiger partial charge in [0, 0.05) is 19.0 Å². The number of alkyl halides is 1. The molecule has 17 heavy (non-hydrogen) atoms. The van der Waals surface area contributed by atoms with E-state index in [9.17, 15) is 8.78 Å². The number of nitrogens with zero attached hydrogens (tertiary/aromatic N) is 1. The summed E-state index contributed by atoms with van der Waals surface area (Å²) in [5.74, 6) is -0.331. The molecule has 0 aliphatic carbocycles. The molecule has 0 amide bonds. The largest absolute Gasteiger partial charge is 0.367 e. The van der Waals surface area contributed by atoms with Crippen LogP contribution in [0.5, 0.6) is 0 Å². The monoisotopic (exact) mass is 259 g/mol. The van der Waals surface area contributed by atoms with Crippen LogP contribution in [-0.4, -0.2) is 13.1 Å². The normalized spacial score (nSPS) is 20.0. The molecule has 1 aliphatic heterocycles. The minimum Gasteiger partial charge on any atom is -0.367 e. The van der Waals surface area contributed by atoms with Crippen LogP contribution < -0.4 is 4.90 Å². The van der Waals surface area contributed by atoms with Crippen molar-refractivity contribution >= 4 is 17.3 Å². The van der Waals surface area contributed by atoms with Gasteiger partial charge in [-0.05, 0) is 30.0 Å². The molecule has 0 spiro atoms. The Morgan fingerprint density at radius 3 is 2.47 bits per heavy atom. The van der Waals surface area contributed by atoms with Crippen LogP contribution in [-0.2, 0) is 5.88 Å². The van der Waals surface area contributed by atoms with Crippen LogP contribution in [0.3, 0.4) is 0 Å². The summed E-state index contributed by atoms with van der Waals surface area (Å²) in [6, 6.07) is 2.65. The van der Waals surface area contributed by atoms with Crippen molar-refractivity contribution in [2.45, 2.75) is 25.6 Å². The van der Waals surface area contributed by atoms with E-state index in [4.69, 9.17) is 11.6 Å². The van der Waals surface area contributed by atoms with Gasteiger partial charge in [-0.3, -0.25) is 0 Å². The minimum atomic E-state index is -0.502. The topological polar surface area (TPSA) is 3.24 Å². The molecule has 1 heterocycles. The summed E-state index contributed by atoms with van der Waals surface area (Å²) in [6.07, 6.45) is 2.06. The van der Waals surface area contributed by atoms with Crippen molar-refractivity contribution in [1.29, 1.82) is 0 Å². The third-order valence-corrected chi connectivity index (χ3v) is 3.72. The first kappa shape index (κ1) is 12.6. The zero-order valence-electron chi connectivity index (χ0n) is 9.85. The number of rotatable bonds is 3. The number of hydrogen-bond acceptors (Lipinski definition) is 1. The Kier molecular flexibility index (Phi) is 3.87. The van der Waals surface area contributed by atoms with Crippen LogP contribution in [0.1, 0.15) is 25.3 Å². The first-order valence-electron chi connectivity index (χ1n) is 5.94. The Labute approximate surface area is 105 Å². The van der Waals surface area contributed by atoms with E-state index in [0.717, 1.165) is 25.9 Å². The number of anilines is 1. The highest BCUT2D eigenvalue weighted by Crippen LogP contribution is 2.31. The van der Waals surface area contributed by atoms with Crippen molar-refractivity contribution in [2.24, 2.45) is 5.92 Å². The predicted octanol–water partition coefficient (Wildman–Crippen LogP) is 3.94. The van der Waals surface area contributed by atoms with Gasteiger partial charge in [0.05, 0.1) is 0 Å². The maximum Gasteiger partial charge on any atom is 0.149 e. The lowest BCUT2D eigenvalue weighted by Crippen LogP contribution is -2.22. The zero-order valence-corrected chi connectivity index (χ0v) is 10.6. The van der Waals surface area contributed by atoms with Crippen LogP contribution in [0.15, 0.2) is 12.1 Å². The van der Waals surface area contributed by atoms with Crippen molar-refractivity contribution in [3.63, 3.8) is 0 Å². The summed E-state index contributed by atoms with van der Waals surface area (Å²) in [6.45, 7) is 3.58. The molecule has 1 fully saturated rings. The standard InChI is InChI=1S/C13H16ClF2N/c1-2-9-3-4-17(8-9)13-11(15)5-10(7-14)6-12(13)16/h5-6,9H,2-4,7-8H2,1H3. The second-order valence-corrected chi connectivity index (χ2v) is 4.82. The molecule has 1 aromatic carbocycles. The molecule has 0 bridgehead atoms. The Morgan fingerprint density at radius 2 is 2.00 bits per heavy atom. The van der Waals surface area contributed by atoms with Gasteiger partial charge in [-0.1, -0.05) is 13.3 Å². The molecule has 1 atom stereocenters. The second-order valence-electron chi connectivity index (χ2n) is 4.55. The van der Waals surface area contributed by atoms with E-state index in [0.29, 0.717) is 11.5 Å². The molecule has 4 heteroatoms. The SMILES string of the molecule is CCC1CCN(c2c(F)cc(CCl)cc2F)C1. The molecule has 1 nitrogen and oxygen atoms in total. The van der Waals surface area contributed by atoms with Gasteiger partial charge in [0.15, 0.2) is 0 Å². The molecule has 1 aliphatic rings. The summed E-state index contributed by atoms with van der Waals surface area (Å²) in [4.78, 5) is 1.80.